The normalized spacial score (nSPS) is 24.6. The highest BCUT2D eigenvalue weighted by atomic mass is 16.8. The van der Waals surface area contributed by atoms with Gasteiger partial charge in [-0.3, -0.25) is 4.79 Å². The number of allylic oxidation sites excluding steroid dienone is 5. The number of rotatable bonds is 82. The molecule has 0 radical (unpaired) electrons. The van der Waals surface area contributed by atoms with E-state index in [0.29, 0.717) is 12.8 Å². The molecular weight excluding hydrogens is 1470 g/mol. The molecule has 12 N–H and O–H groups in total. The lowest BCUT2D eigenvalue weighted by Gasteiger charge is -2.48. The summed E-state index contributed by atoms with van der Waals surface area (Å²) in [5.41, 5.74) is 0. The molecule has 17 unspecified atom stereocenters. The minimum Gasteiger partial charge on any atom is -0.394 e. The van der Waals surface area contributed by atoms with Gasteiger partial charge < -0.3 is 89.9 Å². The van der Waals surface area contributed by atoms with Gasteiger partial charge in [-0.15, -0.1) is 0 Å². The van der Waals surface area contributed by atoms with Gasteiger partial charge in [-0.2, -0.15) is 0 Å². The van der Waals surface area contributed by atoms with Crippen molar-refractivity contribution >= 4 is 5.91 Å². The predicted octanol–water partition coefficient (Wildman–Crippen LogP) is 20.1. The van der Waals surface area contributed by atoms with Crippen molar-refractivity contribution in [3.63, 3.8) is 0 Å². The van der Waals surface area contributed by atoms with Crippen LogP contribution in [-0.4, -0.2) is 193 Å². The topological polar surface area (TPSA) is 307 Å². The van der Waals surface area contributed by atoms with E-state index in [-0.39, 0.29) is 18.9 Å². The van der Waals surface area contributed by atoms with Crippen LogP contribution in [0.2, 0.25) is 0 Å². The van der Waals surface area contributed by atoms with Gasteiger partial charge in [0.25, 0.3) is 0 Å². The minimum atomic E-state index is -1.98. The van der Waals surface area contributed by atoms with Gasteiger partial charge in [0.1, 0.15) is 73.2 Å². The number of nitrogens with one attached hydrogen (secondary N) is 1. The summed E-state index contributed by atoms with van der Waals surface area (Å²) >= 11 is 0. The molecule has 0 aliphatic carbocycles. The summed E-state index contributed by atoms with van der Waals surface area (Å²) < 4.78 is 34.5. The third kappa shape index (κ3) is 53.9. The lowest BCUT2D eigenvalue weighted by molar-refractivity contribution is -0.379. The van der Waals surface area contributed by atoms with Crippen LogP contribution in [0.15, 0.2) is 36.5 Å². The van der Waals surface area contributed by atoms with Crippen molar-refractivity contribution in [1.82, 2.24) is 5.32 Å². The van der Waals surface area contributed by atoms with E-state index in [9.17, 15) is 61.0 Å². The second kappa shape index (κ2) is 76.6. The average molecular weight is 1650 g/mol. The van der Waals surface area contributed by atoms with Gasteiger partial charge in [0.2, 0.25) is 5.91 Å². The van der Waals surface area contributed by atoms with Crippen molar-refractivity contribution in [2.45, 2.75) is 548 Å². The molecule has 0 aromatic rings. The van der Waals surface area contributed by atoms with Crippen LogP contribution in [0.5, 0.6) is 0 Å². The van der Waals surface area contributed by atoms with Gasteiger partial charge in [-0.1, -0.05) is 429 Å². The summed E-state index contributed by atoms with van der Waals surface area (Å²) in [6.07, 6.45) is 73.5. The summed E-state index contributed by atoms with van der Waals surface area (Å²) in [6.45, 7) is 1.79. The maximum absolute atomic E-state index is 13.5. The van der Waals surface area contributed by atoms with E-state index < -0.39 is 124 Å². The quantitative estimate of drug-likeness (QED) is 0.0199. The van der Waals surface area contributed by atoms with E-state index in [2.05, 4.69) is 43.5 Å². The summed E-state index contributed by atoms with van der Waals surface area (Å²) in [4.78, 5) is 13.5. The lowest BCUT2D eigenvalue weighted by Crippen LogP contribution is -2.66. The molecule has 0 aromatic heterocycles. The molecule has 684 valence electrons. The first-order valence-electron chi connectivity index (χ1n) is 49.2. The first kappa shape index (κ1) is 108. The predicted molar refractivity (Wildman–Crippen MR) is 471 cm³/mol. The van der Waals surface area contributed by atoms with Crippen LogP contribution in [0.1, 0.15) is 444 Å². The maximum atomic E-state index is 13.5. The Balaban J connectivity index is 1.29. The first-order valence-corrected chi connectivity index (χ1v) is 49.2. The highest BCUT2D eigenvalue weighted by molar-refractivity contribution is 5.76. The monoisotopic (exact) mass is 1650 g/mol. The third-order valence-electron chi connectivity index (χ3n) is 24.7. The van der Waals surface area contributed by atoms with Crippen molar-refractivity contribution < 1.29 is 89.4 Å². The highest BCUT2D eigenvalue weighted by Crippen LogP contribution is 2.34. The number of unbranched alkanes of at least 4 members (excludes halogenated alkanes) is 62. The summed E-state index contributed by atoms with van der Waals surface area (Å²) in [7, 11) is 0. The minimum absolute atomic E-state index is 0.237. The van der Waals surface area contributed by atoms with E-state index in [1.807, 2.05) is 6.08 Å². The molecule has 0 aromatic carbocycles. The number of hydrogen-bond acceptors (Lipinski definition) is 18. The second-order valence-electron chi connectivity index (χ2n) is 35.2. The van der Waals surface area contributed by atoms with Crippen LogP contribution in [0.25, 0.3) is 0 Å². The number of aliphatic hydroxyl groups is 11. The van der Waals surface area contributed by atoms with E-state index in [4.69, 9.17) is 28.4 Å². The van der Waals surface area contributed by atoms with Crippen LogP contribution in [0.4, 0.5) is 0 Å². The average Bonchev–Trinajstić information content (AvgIpc) is 0.779. The van der Waals surface area contributed by atoms with Gasteiger partial charge in [-0.05, 0) is 44.9 Å². The molecule has 3 saturated heterocycles. The van der Waals surface area contributed by atoms with Gasteiger partial charge in [0, 0.05) is 6.42 Å². The summed E-state index contributed by atoms with van der Waals surface area (Å²) in [5.74, 6) is -0.280. The van der Waals surface area contributed by atoms with Crippen molar-refractivity contribution in [3.05, 3.63) is 36.5 Å². The lowest BCUT2D eigenvalue weighted by atomic mass is 9.96. The zero-order valence-electron chi connectivity index (χ0n) is 74.3. The smallest absolute Gasteiger partial charge is 0.220 e. The van der Waals surface area contributed by atoms with Gasteiger partial charge >= 0.3 is 0 Å². The highest BCUT2D eigenvalue weighted by Gasteiger charge is 2.54. The Morgan fingerprint density at radius 2 is 0.552 bits per heavy atom. The van der Waals surface area contributed by atoms with E-state index in [1.165, 1.54) is 366 Å². The van der Waals surface area contributed by atoms with Gasteiger partial charge in [0.05, 0.1) is 38.6 Å². The SMILES string of the molecule is CCCCCCCCCCCCCCCCCCCCCCC/C=C/CC/C=C/CC/C=C/C(O)C(COC1OC(CO)C(OC2OC(CO)C(OC3OC(CO)C(O)C(O)C3O)C(O)C2O)C(O)C1O)NC(=O)CCCCCCCCCCCCCCCCCCCCCCCCCCCCCCCCCCCCCCCCCC. The number of ether oxygens (including phenoxy) is 6. The van der Waals surface area contributed by atoms with Crippen LogP contribution in [-0.2, 0) is 33.2 Å². The number of hydrogen-bond donors (Lipinski definition) is 12. The molecule has 3 fully saturated rings. The molecule has 116 heavy (non-hydrogen) atoms. The molecule has 19 nitrogen and oxygen atoms in total. The molecule has 17 atom stereocenters. The van der Waals surface area contributed by atoms with E-state index in [0.717, 1.165) is 44.9 Å². The Morgan fingerprint density at radius 3 is 0.862 bits per heavy atom. The number of amides is 1. The molecular formula is C97H183NO18. The maximum Gasteiger partial charge on any atom is 0.220 e. The van der Waals surface area contributed by atoms with Crippen molar-refractivity contribution in [2.24, 2.45) is 0 Å². The summed E-state index contributed by atoms with van der Waals surface area (Å²) in [5, 5.41) is 121. The molecule has 1 amide bonds. The zero-order valence-corrected chi connectivity index (χ0v) is 74.3. The Morgan fingerprint density at radius 1 is 0.302 bits per heavy atom. The molecule has 3 heterocycles. The molecule has 0 spiro atoms. The fourth-order valence-corrected chi connectivity index (χ4v) is 16.9. The van der Waals surface area contributed by atoms with Crippen LogP contribution in [0.3, 0.4) is 0 Å². The van der Waals surface area contributed by atoms with Crippen LogP contribution in [0, 0.1) is 0 Å². The molecule has 3 aliphatic rings. The van der Waals surface area contributed by atoms with Gasteiger partial charge in [-0.25, -0.2) is 0 Å². The largest absolute Gasteiger partial charge is 0.394 e. The standard InChI is InChI=1S/C97H183NO18/c1-3-5-7-9-11-13-15-17-19-21-23-25-27-29-31-33-35-36-37-38-39-40-41-42-43-45-47-49-51-53-55-57-59-61-63-65-67-69-71-73-75-85(103)98-80(81(102)74-72-70-68-66-64-62-60-58-56-54-52-50-48-46-44-34-32-30-28-26-24-22-20-18-16-14-12-10-8-6-4-2)79-111-95-91(109)88(106)93(83(77-100)113-95)116-97-92(110)89(107)94(84(78-101)114-97)115-96-90(108)87(105)86(104)82(76-99)112-96/h56,58,64,66,72,74,80-84,86-97,99-102,104-110H,3-55,57,59-63,65,67-71,73,75-79H2,1-2H3,(H,98,103)/b58-56+,66-64+,74-72+. The Kier molecular flexibility index (Phi) is 71.5. The fraction of sp³-hybridized carbons (Fsp3) is 0.928. The zero-order chi connectivity index (χ0) is 83.8. The van der Waals surface area contributed by atoms with Crippen LogP contribution < -0.4 is 5.32 Å². The molecule has 19 heteroatoms. The molecule has 3 aliphatic heterocycles. The van der Waals surface area contributed by atoms with Crippen molar-refractivity contribution in [1.29, 1.82) is 0 Å². The number of carbonyl (C=O) groups is 1. The molecule has 0 saturated carbocycles. The Bertz CT molecular complexity index is 2230. The fourth-order valence-electron chi connectivity index (χ4n) is 16.9. The van der Waals surface area contributed by atoms with E-state index in [1.54, 1.807) is 6.08 Å². The number of carbonyl (C=O) groups excluding carboxylic acids is 1. The van der Waals surface area contributed by atoms with Crippen molar-refractivity contribution in [3.8, 4) is 0 Å². The Hall–Kier alpha value is -1.99. The molecule has 0 bridgehead atoms. The third-order valence-corrected chi connectivity index (χ3v) is 24.7. The van der Waals surface area contributed by atoms with E-state index >= 15 is 0 Å². The summed E-state index contributed by atoms with van der Waals surface area (Å²) in [6, 6.07) is -0.998. The van der Waals surface area contributed by atoms with Crippen LogP contribution >= 0.6 is 0 Å². The van der Waals surface area contributed by atoms with Gasteiger partial charge in [0.15, 0.2) is 18.9 Å². The molecule has 3 rings (SSSR count). The van der Waals surface area contributed by atoms with Crippen molar-refractivity contribution in [2.75, 3.05) is 26.4 Å². The Labute approximate surface area is 708 Å². The number of aliphatic hydroxyl groups excluding tert-OH is 11. The first-order chi connectivity index (χ1) is 56.8. The second-order valence-corrected chi connectivity index (χ2v) is 35.2.